The van der Waals surface area contributed by atoms with E-state index in [0.29, 0.717) is 34.4 Å². The van der Waals surface area contributed by atoms with Gasteiger partial charge >= 0.3 is 0 Å². The highest BCUT2D eigenvalue weighted by atomic mass is 16.5. The Balaban J connectivity index is 1.87. The number of fused-ring (bicyclic) bond motifs is 2. The van der Waals surface area contributed by atoms with Crippen molar-refractivity contribution in [2.75, 3.05) is 7.11 Å². The average Bonchev–Trinajstić information content (AvgIpc) is 2.66. The van der Waals surface area contributed by atoms with Crippen LogP contribution in [0.15, 0.2) is 66.7 Å². The molecule has 3 nitrogen and oxygen atoms in total. The number of carbonyl (C=O) groups excluding carboxylic acids is 2. The van der Waals surface area contributed by atoms with E-state index in [2.05, 4.69) is 0 Å². The van der Waals surface area contributed by atoms with E-state index in [9.17, 15) is 9.59 Å². The van der Waals surface area contributed by atoms with Crippen LogP contribution in [0.2, 0.25) is 0 Å². The summed E-state index contributed by atoms with van der Waals surface area (Å²) in [5.41, 5.74) is 3.70. The highest BCUT2D eigenvalue weighted by Gasteiger charge is 2.33. The van der Waals surface area contributed by atoms with Gasteiger partial charge in [0.25, 0.3) is 0 Å². The molecule has 0 unspecified atom stereocenters. The monoisotopic (exact) mass is 328 g/mol. The number of carbonyl (C=O) groups is 2. The van der Waals surface area contributed by atoms with E-state index in [-0.39, 0.29) is 11.6 Å². The zero-order valence-electron chi connectivity index (χ0n) is 13.8. The number of benzene rings is 3. The molecule has 0 saturated carbocycles. The van der Waals surface area contributed by atoms with E-state index in [1.807, 2.05) is 36.4 Å². The molecule has 0 radical (unpaired) electrons. The van der Waals surface area contributed by atoms with Gasteiger partial charge in [0.2, 0.25) is 0 Å². The largest absolute Gasteiger partial charge is 0.496 e. The third-order valence-electron chi connectivity index (χ3n) is 4.57. The second-order valence-electron chi connectivity index (χ2n) is 6.05. The summed E-state index contributed by atoms with van der Waals surface area (Å²) in [6.07, 6.45) is 0.639. The molecule has 0 amide bonds. The Bertz CT molecular complexity index is 987. The van der Waals surface area contributed by atoms with Crippen molar-refractivity contribution in [1.29, 1.82) is 0 Å². The Morgan fingerprint density at radius 3 is 2.04 bits per heavy atom. The summed E-state index contributed by atoms with van der Waals surface area (Å²) < 4.78 is 5.58. The van der Waals surface area contributed by atoms with Gasteiger partial charge in [-0.3, -0.25) is 9.59 Å². The number of ether oxygens (including phenoxy) is 1. The van der Waals surface area contributed by atoms with Crippen LogP contribution < -0.4 is 4.74 Å². The van der Waals surface area contributed by atoms with Crippen LogP contribution in [0.1, 0.15) is 43.0 Å². The van der Waals surface area contributed by atoms with Gasteiger partial charge in [0.1, 0.15) is 5.75 Å². The van der Waals surface area contributed by atoms with Crippen LogP contribution in [0.5, 0.6) is 5.75 Å². The molecule has 0 heterocycles. The maximum atomic E-state index is 13.0. The van der Waals surface area contributed by atoms with Crippen LogP contribution in [0.25, 0.3) is 0 Å². The van der Waals surface area contributed by atoms with Gasteiger partial charge in [-0.15, -0.1) is 0 Å². The summed E-state index contributed by atoms with van der Waals surface area (Å²) in [6, 6.07) is 20.5. The van der Waals surface area contributed by atoms with E-state index in [0.717, 1.165) is 11.1 Å². The molecular weight excluding hydrogens is 312 g/mol. The molecule has 0 fully saturated rings. The quantitative estimate of drug-likeness (QED) is 0.569. The number of ketones is 2. The van der Waals surface area contributed by atoms with E-state index in [1.165, 1.54) is 0 Å². The second kappa shape index (κ2) is 6.02. The summed E-state index contributed by atoms with van der Waals surface area (Å²) in [7, 11) is 1.54. The van der Waals surface area contributed by atoms with E-state index in [4.69, 9.17) is 4.74 Å². The Labute approximate surface area is 145 Å². The van der Waals surface area contributed by atoms with Crippen LogP contribution in [-0.2, 0) is 6.42 Å². The molecule has 25 heavy (non-hydrogen) atoms. The van der Waals surface area contributed by atoms with Gasteiger partial charge in [-0.2, -0.15) is 0 Å². The third-order valence-corrected chi connectivity index (χ3v) is 4.57. The molecule has 0 bridgehead atoms. The van der Waals surface area contributed by atoms with Crippen molar-refractivity contribution >= 4 is 11.6 Å². The standard InChI is InChI=1S/C22H16O3/c1-25-22-15(13-14-7-3-2-4-8-14)11-12-18-19(22)21(24)17-10-6-5-9-16(17)20(18)23/h2-12H,13H2,1H3. The zero-order chi connectivity index (χ0) is 17.4. The number of hydrogen-bond donors (Lipinski definition) is 0. The molecule has 0 spiro atoms. The molecule has 0 atom stereocenters. The molecular formula is C22H16O3. The van der Waals surface area contributed by atoms with Crippen molar-refractivity contribution < 1.29 is 14.3 Å². The third kappa shape index (κ3) is 2.45. The minimum atomic E-state index is -0.156. The Kier molecular flexibility index (Phi) is 3.69. The highest BCUT2D eigenvalue weighted by molar-refractivity contribution is 6.29. The Morgan fingerprint density at radius 1 is 0.720 bits per heavy atom. The van der Waals surface area contributed by atoms with Gasteiger partial charge in [0, 0.05) is 23.1 Å². The van der Waals surface area contributed by atoms with Gasteiger partial charge in [-0.1, -0.05) is 60.7 Å². The highest BCUT2D eigenvalue weighted by Crippen LogP contribution is 2.36. The van der Waals surface area contributed by atoms with Crippen molar-refractivity contribution in [3.8, 4) is 5.75 Å². The van der Waals surface area contributed by atoms with Crippen molar-refractivity contribution in [3.05, 3.63) is 100 Å². The fourth-order valence-electron chi connectivity index (χ4n) is 3.39. The van der Waals surface area contributed by atoms with E-state index in [1.54, 1.807) is 37.4 Å². The van der Waals surface area contributed by atoms with Gasteiger partial charge in [-0.25, -0.2) is 0 Å². The smallest absolute Gasteiger partial charge is 0.198 e. The van der Waals surface area contributed by atoms with Gasteiger partial charge in [-0.05, 0) is 17.2 Å². The maximum Gasteiger partial charge on any atom is 0.198 e. The van der Waals surface area contributed by atoms with Gasteiger partial charge in [0.05, 0.1) is 12.7 Å². The van der Waals surface area contributed by atoms with Crippen LogP contribution in [-0.4, -0.2) is 18.7 Å². The molecule has 0 aliphatic heterocycles. The predicted molar refractivity (Wildman–Crippen MR) is 95.5 cm³/mol. The minimum absolute atomic E-state index is 0.130. The lowest BCUT2D eigenvalue weighted by atomic mass is 9.82. The first-order valence-corrected chi connectivity index (χ1v) is 8.13. The molecule has 3 heteroatoms. The molecule has 4 rings (SSSR count). The molecule has 1 aliphatic carbocycles. The lowest BCUT2D eigenvalue weighted by Gasteiger charge is -2.21. The summed E-state index contributed by atoms with van der Waals surface area (Å²) in [5, 5.41) is 0. The molecule has 0 saturated heterocycles. The first kappa shape index (κ1) is 15.3. The molecule has 122 valence electrons. The predicted octanol–water partition coefficient (Wildman–Crippen LogP) is 4.06. The lowest BCUT2D eigenvalue weighted by molar-refractivity contribution is 0.0976. The summed E-state index contributed by atoms with van der Waals surface area (Å²) in [6.45, 7) is 0. The van der Waals surface area contributed by atoms with E-state index < -0.39 is 0 Å². The summed E-state index contributed by atoms with van der Waals surface area (Å²) in [4.78, 5) is 25.8. The minimum Gasteiger partial charge on any atom is -0.496 e. The van der Waals surface area contributed by atoms with Crippen LogP contribution in [0, 0.1) is 0 Å². The Morgan fingerprint density at radius 2 is 1.36 bits per heavy atom. The fourth-order valence-corrected chi connectivity index (χ4v) is 3.39. The molecule has 1 aliphatic rings. The lowest BCUT2D eigenvalue weighted by Crippen LogP contribution is -2.22. The van der Waals surface area contributed by atoms with Crippen LogP contribution in [0.4, 0.5) is 0 Å². The summed E-state index contributed by atoms with van der Waals surface area (Å²) >= 11 is 0. The topological polar surface area (TPSA) is 43.4 Å². The Hall–Kier alpha value is -3.20. The summed E-state index contributed by atoms with van der Waals surface area (Å²) in [5.74, 6) is 0.209. The zero-order valence-corrected chi connectivity index (χ0v) is 13.8. The number of methoxy groups -OCH3 is 1. The van der Waals surface area contributed by atoms with Crippen molar-refractivity contribution in [2.45, 2.75) is 6.42 Å². The molecule has 3 aromatic rings. The molecule has 0 N–H and O–H groups in total. The van der Waals surface area contributed by atoms with E-state index >= 15 is 0 Å². The average molecular weight is 328 g/mol. The number of hydrogen-bond acceptors (Lipinski definition) is 3. The maximum absolute atomic E-state index is 13.0. The van der Waals surface area contributed by atoms with Crippen molar-refractivity contribution in [2.24, 2.45) is 0 Å². The van der Waals surface area contributed by atoms with Crippen molar-refractivity contribution in [1.82, 2.24) is 0 Å². The first-order valence-electron chi connectivity index (χ1n) is 8.13. The molecule has 0 aromatic heterocycles. The fraction of sp³-hybridized carbons (Fsp3) is 0.0909. The van der Waals surface area contributed by atoms with Gasteiger partial charge in [0.15, 0.2) is 11.6 Å². The SMILES string of the molecule is COc1c(Cc2ccccc2)ccc2c1C(=O)c1ccccc1C2=O. The number of rotatable bonds is 3. The van der Waals surface area contributed by atoms with Crippen LogP contribution >= 0.6 is 0 Å². The molecule has 3 aromatic carbocycles. The van der Waals surface area contributed by atoms with Gasteiger partial charge < -0.3 is 4.74 Å². The van der Waals surface area contributed by atoms with Crippen molar-refractivity contribution in [3.63, 3.8) is 0 Å². The normalized spacial score (nSPS) is 12.5. The first-order chi connectivity index (χ1) is 12.2. The van der Waals surface area contributed by atoms with Crippen LogP contribution in [0.3, 0.4) is 0 Å². The second-order valence-corrected chi connectivity index (χ2v) is 6.05.